The van der Waals surface area contributed by atoms with Crippen LogP contribution < -0.4 is 10.2 Å². The molecule has 4 nitrogen and oxygen atoms in total. The van der Waals surface area contributed by atoms with Crippen LogP contribution in [0.3, 0.4) is 0 Å². The molecule has 0 aliphatic carbocycles. The number of hydrogen-bond donors (Lipinski definition) is 1. The van der Waals surface area contributed by atoms with Crippen LogP contribution >= 0.6 is 0 Å². The maximum absolute atomic E-state index is 5.40. The van der Waals surface area contributed by atoms with Crippen LogP contribution in [0.5, 0.6) is 0 Å². The summed E-state index contributed by atoms with van der Waals surface area (Å²) in [5.41, 5.74) is 1.25. The van der Waals surface area contributed by atoms with Crippen molar-refractivity contribution in [2.24, 2.45) is 5.92 Å². The summed E-state index contributed by atoms with van der Waals surface area (Å²) in [6.07, 6.45) is 4.60. The van der Waals surface area contributed by atoms with Crippen molar-refractivity contribution in [2.45, 2.75) is 39.3 Å². The van der Waals surface area contributed by atoms with Gasteiger partial charge >= 0.3 is 0 Å². The fraction of sp³-hybridized carbons (Fsp3) is 0.688. The lowest BCUT2D eigenvalue weighted by Gasteiger charge is -2.32. The molecule has 0 aromatic carbocycles. The second-order valence-electron chi connectivity index (χ2n) is 5.97. The van der Waals surface area contributed by atoms with Gasteiger partial charge in [-0.05, 0) is 36.9 Å². The minimum Gasteiger partial charge on any atom is -0.381 e. The van der Waals surface area contributed by atoms with Crippen LogP contribution in [0.1, 0.15) is 32.3 Å². The molecule has 1 aliphatic rings. The largest absolute Gasteiger partial charge is 0.381 e. The molecule has 1 saturated heterocycles. The molecule has 4 heteroatoms. The molecule has 0 amide bonds. The minimum atomic E-state index is 0.422. The van der Waals surface area contributed by atoms with Crippen LogP contribution in [0.2, 0.25) is 0 Å². The molecule has 2 heterocycles. The Morgan fingerprint density at radius 3 is 2.65 bits per heavy atom. The number of pyridine rings is 1. The van der Waals surface area contributed by atoms with Crippen molar-refractivity contribution in [1.82, 2.24) is 10.3 Å². The van der Waals surface area contributed by atoms with Gasteiger partial charge in [0, 0.05) is 32.9 Å². The quantitative estimate of drug-likeness (QED) is 0.866. The van der Waals surface area contributed by atoms with Gasteiger partial charge < -0.3 is 15.0 Å². The van der Waals surface area contributed by atoms with Crippen LogP contribution in [0.25, 0.3) is 0 Å². The first-order chi connectivity index (χ1) is 9.69. The van der Waals surface area contributed by atoms with Gasteiger partial charge in [-0.15, -0.1) is 0 Å². The Hall–Kier alpha value is -1.13. The van der Waals surface area contributed by atoms with Crippen molar-refractivity contribution in [3.8, 4) is 0 Å². The number of methoxy groups -OCH3 is 1. The molecule has 1 aromatic heterocycles. The zero-order valence-electron chi connectivity index (χ0n) is 12.9. The molecule has 1 fully saturated rings. The third-order valence-corrected chi connectivity index (χ3v) is 3.79. The summed E-state index contributed by atoms with van der Waals surface area (Å²) in [5, 5.41) is 3.44. The maximum atomic E-state index is 5.40. The van der Waals surface area contributed by atoms with E-state index in [1.54, 1.807) is 7.11 Å². The fourth-order valence-electron chi connectivity index (χ4n) is 2.53. The molecule has 0 atom stereocenters. The van der Waals surface area contributed by atoms with Crippen molar-refractivity contribution < 1.29 is 4.74 Å². The van der Waals surface area contributed by atoms with E-state index in [-0.39, 0.29) is 0 Å². The molecule has 0 bridgehead atoms. The van der Waals surface area contributed by atoms with Crippen LogP contribution in [0, 0.1) is 5.92 Å². The topological polar surface area (TPSA) is 37.4 Å². The molecule has 0 unspecified atom stereocenters. The van der Waals surface area contributed by atoms with E-state index >= 15 is 0 Å². The van der Waals surface area contributed by atoms with E-state index in [0.29, 0.717) is 12.0 Å². The van der Waals surface area contributed by atoms with Gasteiger partial charge in [0.2, 0.25) is 0 Å². The smallest absolute Gasteiger partial charge is 0.128 e. The lowest BCUT2D eigenvalue weighted by atomic mass is 10.1. The SMILES string of the molecule is COC1CCN(c2ccc(CNCC(C)C)cn2)CC1. The van der Waals surface area contributed by atoms with E-state index in [2.05, 4.69) is 41.2 Å². The van der Waals surface area contributed by atoms with Gasteiger partial charge in [-0.25, -0.2) is 4.98 Å². The Kier molecular flexibility index (Phi) is 5.80. The average Bonchev–Trinajstić information content (AvgIpc) is 2.48. The van der Waals surface area contributed by atoms with Gasteiger partial charge in [0.1, 0.15) is 5.82 Å². The van der Waals surface area contributed by atoms with E-state index < -0.39 is 0 Å². The summed E-state index contributed by atoms with van der Waals surface area (Å²) in [5.74, 6) is 1.77. The standard InChI is InChI=1S/C16H27N3O/c1-13(2)10-17-11-14-4-5-16(18-12-14)19-8-6-15(20-3)7-9-19/h4-5,12-13,15,17H,6-11H2,1-3H3. The maximum Gasteiger partial charge on any atom is 0.128 e. The summed E-state index contributed by atoms with van der Waals surface area (Å²) in [4.78, 5) is 6.94. The molecule has 112 valence electrons. The van der Waals surface area contributed by atoms with Gasteiger partial charge in [0.05, 0.1) is 6.10 Å². The summed E-state index contributed by atoms with van der Waals surface area (Å²) in [6.45, 7) is 8.46. The van der Waals surface area contributed by atoms with Crippen LogP contribution in [-0.2, 0) is 11.3 Å². The lowest BCUT2D eigenvalue weighted by Crippen LogP contribution is -2.37. The predicted molar refractivity (Wildman–Crippen MR) is 83.0 cm³/mol. The van der Waals surface area contributed by atoms with Crippen LogP contribution in [0.15, 0.2) is 18.3 Å². The van der Waals surface area contributed by atoms with Crippen molar-refractivity contribution in [3.63, 3.8) is 0 Å². The number of aromatic nitrogens is 1. The lowest BCUT2D eigenvalue weighted by molar-refractivity contribution is 0.0818. The van der Waals surface area contributed by atoms with Crippen LogP contribution in [-0.4, -0.2) is 37.8 Å². The number of hydrogen-bond acceptors (Lipinski definition) is 4. The van der Waals surface area contributed by atoms with Crippen molar-refractivity contribution in [3.05, 3.63) is 23.9 Å². The van der Waals surface area contributed by atoms with E-state index in [1.165, 1.54) is 5.56 Å². The summed E-state index contributed by atoms with van der Waals surface area (Å²) in [6, 6.07) is 4.32. The Bertz CT molecular complexity index is 383. The first-order valence-electron chi connectivity index (χ1n) is 7.62. The van der Waals surface area contributed by atoms with Crippen molar-refractivity contribution in [2.75, 3.05) is 31.6 Å². The zero-order valence-corrected chi connectivity index (χ0v) is 12.9. The highest BCUT2D eigenvalue weighted by Gasteiger charge is 2.19. The molecular weight excluding hydrogens is 250 g/mol. The third-order valence-electron chi connectivity index (χ3n) is 3.79. The Morgan fingerprint density at radius 1 is 1.35 bits per heavy atom. The monoisotopic (exact) mass is 277 g/mol. The highest BCUT2D eigenvalue weighted by Crippen LogP contribution is 2.19. The van der Waals surface area contributed by atoms with Gasteiger partial charge in [-0.2, -0.15) is 0 Å². The molecule has 0 spiro atoms. The molecule has 1 aromatic rings. The number of anilines is 1. The minimum absolute atomic E-state index is 0.422. The zero-order chi connectivity index (χ0) is 14.4. The molecule has 1 N–H and O–H groups in total. The normalized spacial score (nSPS) is 16.9. The summed E-state index contributed by atoms with van der Waals surface area (Å²) < 4.78 is 5.40. The van der Waals surface area contributed by atoms with Gasteiger partial charge in [0.15, 0.2) is 0 Å². The van der Waals surface area contributed by atoms with E-state index in [9.17, 15) is 0 Å². The summed E-state index contributed by atoms with van der Waals surface area (Å²) in [7, 11) is 1.80. The Labute approximate surface area is 122 Å². The van der Waals surface area contributed by atoms with Crippen molar-refractivity contribution in [1.29, 1.82) is 0 Å². The van der Waals surface area contributed by atoms with Crippen molar-refractivity contribution >= 4 is 5.82 Å². The van der Waals surface area contributed by atoms with Gasteiger partial charge in [-0.1, -0.05) is 19.9 Å². The van der Waals surface area contributed by atoms with Crippen LogP contribution in [0.4, 0.5) is 5.82 Å². The highest BCUT2D eigenvalue weighted by molar-refractivity contribution is 5.39. The van der Waals surface area contributed by atoms with E-state index in [1.807, 2.05) is 6.20 Å². The van der Waals surface area contributed by atoms with Gasteiger partial charge in [-0.3, -0.25) is 0 Å². The number of piperidine rings is 1. The molecule has 20 heavy (non-hydrogen) atoms. The first-order valence-corrected chi connectivity index (χ1v) is 7.62. The average molecular weight is 277 g/mol. The molecule has 0 saturated carbocycles. The number of rotatable bonds is 6. The number of ether oxygens (including phenoxy) is 1. The van der Waals surface area contributed by atoms with Gasteiger partial charge in [0.25, 0.3) is 0 Å². The molecular formula is C16H27N3O. The molecule has 2 rings (SSSR count). The fourth-order valence-corrected chi connectivity index (χ4v) is 2.53. The molecule has 0 radical (unpaired) electrons. The Balaban J connectivity index is 1.82. The first kappa shape index (κ1) is 15.3. The second-order valence-corrected chi connectivity index (χ2v) is 5.97. The Morgan fingerprint density at radius 2 is 2.10 bits per heavy atom. The van der Waals surface area contributed by atoms with E-state index in [0.717, 1.165) is 44.8 Å². The number of nitrogens with one attached hydrogen (secondary N) is 1. The molecule has 1 aliphatic heterocycles. The summed E-state index contributed by atoms with van der Waals surface area (Å²) >= 11 is 0. The predicted octanol–water partition coefficient (Wildman–Crippen LogP) is 2.44. The van der Waals surface area contributed by atoms with E-state index in [4.69, 9.17) is 4.74 Å². The second kappa shape index (κ2) is 7.60. The number of nitrogens with zero attached hydrogens (tertiary/aromatic N) is 2. The highest BCUT2D eigenvalue weighted by atomic mass is 16.5. The third kappa shape index (κ3) is 4.46.